The maximum atomic E-state index is 13.8. The molecule has 1 unspecified atom stereocenters. The van der Waals surface area contributed by atoms with Crippen LogP contribution >= 0.6 is 0 Å². The molecule has 26 heavy (non-hydrogen) atoms. The number of piperidine rings is 1. The van der Waals surface area contributed by atoms with Gasteiger partial charge in [-0.15, -0.1) is 0 Å². The van der Waals surface area contributed by atoms with E-state index in [9.17, 15) is 19.1 Å². The van der Waals surface area contributed by atoms with Crippen LogP contribution in [0.3, 0.4) is 0 Å². The largest absolute Gasteiger partial charge is 0.481 e. The monoisotopic (exact) mass is 356 g/mol. The molecule has 1 aromatic heterocycles. The second kappa shape index (κ2) is 6.04. The molecule has 6 heteroatoms. The first-order chi connectivity index (χ1) is 12.4. The molecule has 0 bridgehead atoms. The third-order valence-corrected chi connectivity index (χ3v) is 5.52. The van der Waals surface area contributed by atoms with Crippen LogP contribution in [0.5, 0.6) is 0 Å². The average molecular weight is 356 g/mol. The maximum Gasteiger partial charge on any atom is 0.311 e. The van der Waals surface area contributed by atoms with Crippen LogP contribution in [0.2, 0.25) is 0 Å². The van der Waals surface area contributed by atoms with Crippen molar-refractivity contribution in [3.63, 3.8) is 0 Å². The van der Waals surface area contributed by atoms with E-state index in [1.54, 1.807) is 24.0 Å². The van der Waals surface area contributed by atoms with E-state index in [-0.39, 0.29) is 12.5 Å². The first kappa shape index (κ1) is 16.9. The number of aliphatic carboxylic acids is 1. The summed E-state index contributed by atoms with van der Waals surface area (Å²) >= 11 is 0. The number of pyridine rings is 1. The van der Waals surface area contributed by atoms with Gasteiger partial charge in [-0.1, -0.05) is 0 Å². The Morgan fingerprint density at radius 2 is 2.08 bits per heavy atom. The van der Waals surface area contributed by atoms with Gasteiger partial charge in [0.05, 0.1) is 16.5 Å². The number of benzene rings is 1. The summed E-state index contributed by atoms with van der Waals surface area (Å²) < 4.78 is 13.8. The summed E-state index contributed by atoms with van der Waals surface area (Å²) in [6.07, 6.45) is 3.29. The number of likely N-dealkylation sites (tertiary alicyclic amines) is 1. The van der Waals surface area contributed by atoms with Gasteiger partial charge in [0.25, 0.3) is 5.91 Å². The number of carboxylic acid groups (broad SMARTS) is 1. The van der Waals surface area contributed by atoms with E-state index in [2.05, 4.69) is 4.98 Å². The Labute approximate surface area is 150 Å². The van der Waals surface area contributed by atoms with E-state index in [0.717, 1.165) is 18.5 Å². The molecule has 2 heterocycles. The fraction of sp³-hybridized carbons (Fsp3) is 0.450. The lowest BCUT2D eigenvalue weighted by Gasteiger charge is -2.37. The highest BCUT2D eigenvalue weighted by Gasteiger charge is 2.40. The smallest absolute Gasteiger partial charge is 0.311 e. The number of nitrogens with zero attached hydrogens (tertiary/aromatic N) is 2. The molecule has 1 aliphatic heterocycles. The van der Waals surface area contributed by atoms with E-state index in [1.165, 1.54) is 12.1 Å². The second-order valence-corrected chi connectivity index (χ2v) is 7.73. The minimum absolute atomic E-state index is 0.166. The van der Waals surface area contributed by atoms with Crippen LogP contribution in [0, 0.1) is 11.2 Å². The molecular weight excluding hydrogens is 335 g/mol. The Kier molecular flexibility index (Phi) is 3.93. The molecule has 1 saturated heterocycles. The van der Waals surface area contributed by atoms with Gasteiger partial charge in [-0.25, -0.2) is 4.39 Å². The minimum atomic E-state index is -0.943. The third kappa shape index (κ3) is 2.93. The number of rotatable bonds is 3. The Hall–Kier alpha value is -2.50. The lowest BCUT2D eigenvalue weighted by Crippen LogP contribution is -2.48. The molecule has 0 radical (unpaired) electrons. The predicted molar refractivity (Wildman–Crippen MR) is 94.6 cm³/mol. The Bertz CT molecular complexity index is 909. The second-order valence-electron chi connectivity index (χ2n) is 7.73. The molecule has 1 aliphatic carbocycles. The molecule has 0 spiro atoms. The summed E-state index contributed by atoms with van der Waals surface area (Å²) in [5.41, 5.74) is 0.954. The highest BCUT2D eigenvalue weighted by atomic mass is 19.1. The number of hydrogen-bond donors (Lipinski definition) is 1. The van der Waals surface area contributed by atoms with Gasteiger partial charge in [0.15, 0.2) is 0 Å². The molecule has 2 aromatic rings. The molecule has 1 atom stereocenters. The van der Waals surface area contributed by atoms with Crippen LogP contribution in [0.15, 0.2) is 24.3 Å². The summed E-state index contributed by atoms with van der Waals surface area (Å²) in [5.74, 6) is -1.18. The van der Waals surface area contributed by atoms with Gasteiger partial charge < -0.3 is 10.0 Å². The summed E-state index contributed by atoms with van der Waals surface area (Å²) in [5, 5.41) is 9.99. The average Bonchev–Trinajstić information content (AvgIpc) is 3.45. The van der Waals surface area contributed by atoms with Crippen molar-refractivity contribution >= 4 is 22.8 Å². The third-order valence-electron chi connectivity index (χ3n) is 5.52. The highest BCUT2D eigenvalue weighted by molar-refractivity contribution is 6.06. The highest BCUT2D eigenvalue weighted by Crippen LogP contribution is 2.40. The van der Waals surface area contributed by atoms with Gasteiger partial charge in [0.1, 0.15) is 5.82 Å². The lowest BCUT2D eigenvalue weighted by molar-refractivity contribution is -0.150. The number of fused-ring (bicyclic) bond motifs is 1. The van der Waals surface area contributed by atoms with Gasteiger partial charge in [-0.3, -0.25) is 14.6 Å². The van der Waals surface area contributed by atoms with Crippen LogP contribution in [0.25, 0.3) is 10.9 Å². The number of carboxylic acids is 1. The Morgan fingerprint density at radius 3 is 2.77 bits per heavy atom. The van der Waals surface area contributed by atoms with Crippen LogP contribution in [-0.4, -0.2) is 40.0 Å². The van der Waals surface area contributed by atoms with E-state index in [1.807, 2.05) is 0 Å². The number of aromatic nitrogens is 1. The van der Waals surface area contributed by atoms with E-state index >= 15 is 0 Å². The van der Waals surface area contributed by atoms with Gasteiger partial charge in [-0.2, -0.15) is 0 Å². The van der Waals surface area contributed by atoms with Crippen molar-refractivity contribution in [1.29, 1.82) is 0 Å². The SMILES string of the molecule is CC1(C(=O)O)CCCN(C(=O)c2cc(C3CC3)nc3ccc(F)cc23)C1. The van der Waals surface area contributed by atoms with Crippen molar-refractivity contribution in [2.24, 2.45) is 5.41 Å². The van der Waals surface area contributed by atoms with Crippen LogP contribution in [0.4, 0.5) is 4.39 Å². The van der Waals surface area contributed by atoms with Crippen LogP contribution < -0.4 is 0 Å². The first-order valence-electron chi connectivity index (χ1n) is 9.00. The predicted octanol–water partition coefficient (Wildman–Crippen LogP) is 3.58. The molecule has 2 aliphatic rings. The van der Waals surface area contributed by atoms with Gasteiger partial charge in [-0.05, 0) is 56.9 Å². The van der Waals surface area contributed by atoms with Crippen LogP contribution in [-0.2, 0) is 4.79 Å². The molecule has 4 rings (SSSR count). The lowest BCUT2D eigenvalue weighted by atomic mass is 9.82. The molecular formula is C20H21FN2O3. The molecule has 1 amide bonds. The van der Waals surface area contributed by atoms with Crippen molar-refractivity contribution in [2.75, 3.05) is 13.1 Å². The van der Waals surface area contributed by atoms with Gasteiger partial charge in [0.2, 0.25) is 0 Å². The number of hydrogen-bond acceptors (Lipinski definition) is 3. The van der Waals surface area contributed by atoms with E-state index < -0.39 is 17.2 Å². The quantitative estimate of drug-likeness (QED) is 0.913. The van der Waals surface area contributed by atoms with Crippen molar-refractivity contribution in [3.8, 4) is 0 Å². The standard InChI is InChI=1S/C20H21FN2O3/c1-20(19(25)26)7-2-8-23(11-20)18(24)15-10-17(12-3-4-12)22-16-6-5-13(21)9-14(15)16/h5-6,9-10,12H,2-4,7-8,11H2,1H3,(H,25,26). The maximum absolute atomic E-state index is 13.8. The topological polar surface area (TPSA) is 70.5 Å². The van der Waals surface area contributed by atoms with Crippen molar-refractivity contribution in [3.05, 3.63) is 41.3 Å². The fourth-order valence-electron chi connectivity index (χ4n) is 3.74. The zero-order valence-electron chi connectivity index (χ0n) is 14.7. The molecule has 2 fully saturated rings. The molecule has 136 valence electrons. The summed E-state index contributed by atoms with van der Waals surface area (Å²) in [4.78, 5) is 31.0. The summed E-state index contributed by atoms with van der Waals surface area (Å²) in [7, 11) is 0. The number of carbonyl (C=O) groups is 2. The van der Waals surface area contributed by atoms with Gasteiger partial charge in [0, 0.05) is 30.1 Å². The number of carbonyl (C=O) groups excluding carboxylic acids is 1. The number of amides is 1. The molecule has 1 saturated carbocycles. The van der Waals surface area contributed by atoms with Gasteiger partial charge >= 0.3 is 5.97 Å². The summed E-state index contributed by atoms with van der Waals surface area (Å²) in [6.45, 7) is 2.35. The van der Waals surface area contributed by atoms with E-state index in [4.69, 9.17) is 0 Å². The zero-order valence-corrected chi connectivity index (χ0v) is 14.7. The normalized spacial score (nSPS) is 23.2. The summed E-state index contributed by atoms with van der Waals surface area (Å²) in [6, 6.07) is 6.06. The fourth-order valence-corrected chi connectivity index (χ4v) is 3.74. The first-order valence-corrected chi connectivity index (χ1v) is 9.00. The molecule has 1 N–H and O–H groups in total. The molecule has 1 aromatic carbocycles. The Balaban J connectivity index is 1.76. The van der Waals surface area contributed by atoms with Crippen molar-refractivity contribution < 1.29 is 19.1 Å². The minimum Gasteiger partial charge on any atom is -0.481 e. The molecule has 5 nitrogen and oxygen atoms in total. The van der Waals surface area contributed by atoms with Crippen molar-refractivity contribution in [2.45, 2.75) is 38.5 Å². The number of halogens is 1. The van der Waals surface area contributed by atoms with Crippen molar-refractivity contribution in [1.82, 2.24) is 9.88 Å². The van der Waals surface area contributed by atoms with E-state index in [0.29, 0.717) is 41.8 Å². The van der Waals surface area contributed by atoms with Crippen LogP contribution in [0.1, 0.15) is 54.6 Å². The zero-order chi connectivity index (χ0) is 18.5. The Morgan fingerprint density at radius 1 is 1.31 bits per heavy atom.